The summed E-state index contributed by atoms with van der Waals surface area (Å²) in [6.07, 6.45) is 0.0192. The first-order valence-corrected chi connectivity index (χ1v) is 31.2. The Morgan fingerprint density at radius 3 is 0.679 bits per heavy atom. The topological polar surface area (TPSA) is 85.0 Å². The molecule has 361 valence electrons. The molecule has 0 bridgehead atoms. The van der Waals surface area contributed by atoms with Gasteiger partial charge >= 0.3 is 13.6 Å². The summed E-state index contributed by atoms with van der Waals surface area (Å²) in [6, 6.07) is 0. The quantitative estimate of drug-likeness (QED) is 0.0970. The molecule has 1 radical (unpaired) electrons. The van der Waals surface area contributed by atoms with Gasteiger partial charge in [-0.2, -0.15) is 0 Å². The second-order valence-electron chi connectivity index (χ2n) is 30.2. The highest BCUT2D eigenvalue weighted by atomic mass is 31.2. The zero-order chi connectivity index (χ0) is 50.8. The molecule has 5 aliphatic carbocycles. The van der Waals surface area contributed by atoms with E-state index in [2.05, 4.69) is 0 Å². The molecule has 2 spiro atoms. The Hall–Kier alpha value is -8.00. The number of ether oxygens (including phenoxy) is 1. The molecule has 1 unspecified atom stereocenters. The first kappa shape index (κ1) is 34.3. The number of carbonyl (C=O) groups excluding carboxylic acids is 1. The minimum absolute atomic E-state index is 0.335. The number of esters is 1. The highest BCUT2D eigenvalue weighted by Crippen LogP contribution is 3.00. The molecule has 1 heterocycles. The van der Waals surface area contributed by atoms with Crippen LogP contribution in [-0.4, -0.2) is 47.6 Å². The fraction of sp³-hybridized carbons (Fsp3) is 0.192. The van der Waals surface area contributed by atoms with E-state index in [4.69, 9.17) is 13.8 Å². The van der Waals surface area contributed by atoms with E-state index in [1.54, 1.807) is 25.0 Å². The molecule has 28 aromatic carbocycles. The lowest BCUT2D eigenvalue weighted by Crippen LogP contribution is -2.60. The van der Waals surface area contributed by atoms with E-state index >= 15 is 9.36 Å². The third-order valence-electron chi connectivity index (χ3n) is 28.3. The van der Waals surface area contributed by atoms with Crippen LogP contribution in [0, 0.1) is 0 Å². The molecule has 34 rings (SSSR count). The number of hydrogen-bond donors (Lipinski definition) is 0. The Labute approximate surface area is 445 Å². The zero-order valence-electron chi connectivity index (χ0n) is 43.3. The van der Waals surface area contributed by atoms with Gasteiger partial charge in [0, 0.05) is 18.2 Å². The van der Waals surface area contributed by atoms with Crippen LogP contribution in [0.3, 0.4) is 0 Å². The molecule has 1 saturated heterocycles. The maximum absolute atomic E-state index is 18.5. The van der Waals surface area contributed by atoms with Gasteiger partial charge in [-0.1, -0.05) is 0 Å². The molecule has 8 heteroatoms. The Balaban J connectivity index is 1.02. The van der Waals surface area contributed by atoms with E-state index in [1.165, 1.54) is 307 Å². The van der Waals surface area contributed by atoms with Gasteiger partial charge in [0.05, 0.1) is 24.0 Å². The number of nitrogens with zero attached hydrogens (tertiary/aromatic N) is 1. The van der Waals surface area contributed by atoms with Crippen LogP contribution in [0.1, 0.15) is 62.8 Å². The lowest BCUT2D eigenvalue weighted by Gasteiger charge is -2.50. The molecule has 6 aliphatic rings. The standard InChI is InChI=1S/C73H23NO6P/c1-69(2)7-9(8-70(3,4)74(69)76)80-81(77,79-6)73(68(75)78-5)71-64-56-48-38-28-20-12-10-11-14-18-16(12)24-32-26(18)36-30-22(14)23-15(11)19-17-13(10)21(20)29-35-25(17)33-27(19)37-31(23)41-40(30)50-44(36)54-46(32)52(42(48)34(24)28)60(64)62(54)66-58(50)59-51(41)45(37)55-47(33)53-43(35)49(39(29)38)57(56)65(71)61(53)63(55)67(59)72(66,71)73/h9H,7-8H2,1-6H3. The third kappa shape index (κ3) is 1.93. The summed E-state index contributed by atoms with van der Waals surface area (Å²) in [5, 5.41) is 91.6. The lowest BCUT2D eigenvalue weighted by molar-refractivity contribution is -0.297. The van der Waals surface area contributed by atoms with Gasteiger partial charge in [-0.25, -0.2) is 0 Å². The van der Waals surface area contributed by atoms with Gasteiger partial charge in [0.2, 0.25) is 0 Å². The van der Waals surface area contributed by atoms with Crippen LogP contribution in [0.25, 0.3) is 291 Å². The van der Waals surface area contributed by atoms with Gasteiger partial charge < -0.3 is 13.8 Å². The van der Waals surface area contributed by atoms with Crippen molar-refractivity contribution in [2.45, 2.75) is 73.7 Å². The smallest absolute Gasteiger partial charge is 0.350 e. The molecule has 28 aromatic rings. The maximum Gasteiger partial charge on any atom is 0.350 e. The minimum Gasteiger partial charge on any atom is -0.468 e. The molecule has 81 heavy (non-hydrogen) atoms. The predicted octanol–water partition coefficient (Wildman–Crippen LogP) is 18.4. The normalized spacial score (nSPS) is 24.0. The minimum atomic E-state index is -4.77. The summed E-state index contributed by atoms with van der Waals surface area (Å²) >= 11 is 0. The number of piperidine rings is 1. The molecule has 0 aromatic heterocycles. The maximum atomic E-state index is 18.5. The molecule has 1 atom stereocenters. The molecule has 1 aliphatic heterocycles. The first-order valence-electron chi connectivity index (χ1n) is 29.6. The van der Waals surface area contributed by atoms with Crippen molar-refractivity contribution >= 4 is 304 Å². The second kappa shape index (κ2) is 7.78. The van der Waals surface area contributed by atoms with Crippen LogP contribution >= 0.6 is 7.60 Å². The fourth-order valence-electron chi connectivity index (χ4n) is 28.2. The van der Waals surface area contributed by atoms with Crippen LogP contribution in [0.2, 0.25) is 0 Å². The van der Waals surface area contributed by atoms with Gasteiger partial charge in [-0.3, -0.25) is 9.36 Å². The predicted molar refractivity (Wildman–Crippen MR) is 328 cm³/mol. The van der Waals surface area contributed by atoms with Crippen molar-refractivity contribution in [1.82, 2.24) is 5.06 Å². The largest absolute Gasteiger partial charge is 0.468 e. The molecule has 1 saturated carbocycles. The Kier molecular flexibility index (Phi) is 3.30. The Bertz CT molecular complexity index is 7210. The van der Waals surface area contributed by atoms with Gasteiger partial charge in [-0.15, -0.1) is 10.3 Å². The average Bonchev–Trinajstić information content (AvgIpc) is 1.37. The summed E-state index contributed by atoms with van der Waals surface area (Å²) in [7, 11) is -1.66. The van der Waals surface area contributed by atoms with E-state index < -0.39 is 46.7 Å². The summed E-state index contributed by atoms with van der Waals surface area (Å²) in [6.45, 7) is 7.92. The number of methoxy groups -OCH3 is 1. The summed E-state index contributed by atoms with van der Waals surface area (Å²) in [4.78, 5) is 17.3. The van der Waals surface area contributed by atoms with E-state index in [1.807, 2.05) is 27.7 Å². The van der Waals surface area contributed by atoms with Gasteiger partial charge in [0.1, 0.15) is 0 Å². The van der Waals surface area contributed by atoms with Crippen molar-refractivity contribution in [3.05, 3.63) is 22.3 Å². The Morgan fingerprint density at radius 1 is 0.346 bits per heavy atom. The monoisotopic (exact) mass is 1040 g/mol. The van der Waals surface area contributed by atoms with Crippen molar-refractivity contribution in [3.63, 3.8) is 0 Å². The summed E-state index contributed by atoms with van der Waals surface area (Å²) < 4.78 is 39.8. The van der Waals surface area contributed by atoms with Crippen molar-refractivity contribution in [1.29, 1.82) is 0 Å². The van der Waals surface area contributed by atoms with Crippen molar-refractivity contribution < 1.29 is 28.4 Å². The van der Waals surface area contributed by atoms with Crippen LogP contribution in [0.5, 0.6) is 0 Å². The van der Waals surface area contributed by atoms with Gasteiger partial charge in [0.15, 0.2) is 5.16 Å². The lowest BCUT2D eigenvalue weighted by atomic mass is 9.68. The number of hydroxylamine groups is 2. The summed E-state index contributed by atoms with van der Waals surface area (Å²) in [5.74, 6) is -0.498. The number of benzene rings is 18. The average molecular weight is 1040 g/mol. The Morgan fingerprint density at radius 2 is 0.519 bits per heavy atom. The molecular formula is C73H23NO6P. The molecule has 0 N–H and O–H groups in total. The molecule has 7 nitrogen and oxygen atoms in total. The van der Waals surface area contributed by atoms with E-state index in [9.17, 15) is 5.21 Å². The van der Waals surface area contributed by atoms with Crippen LogP contribution in [0.4, 0.5) is 0 Å². The SMILES string of the molecule is COC(=O)C1(P(=O)(OC)OC2CC(C)(C)N([O])C(C)(C)C2)C23c4c5c6c7c8c9c(c%10c%11c2c2c4c4c%12c5c5c6c6c8c8c%13c9c9c%10c%10c%11c%11c2c2c4c4c%12c%12c5c5c6c8c6c8c%13c9c9c%10c%10c%11c2c2c4c4c%12c5c6c5c8c9c%10c2c45)C731. The fourth-order valence-corrected chi connectivity index (χ4v) is 31.1. The first-order chi connectivity index (χ1) is 39.5. The molecular weight excluding hydrogens is 1020 g/mol. The van der Waals surface area contributed by atoms with Crippen LogP contribution < -0.4 is 0 Å². The molecule has 2 fully saturated rings. The zero-order valence-corrected chi connectivity index (χ0v) is 44.2. The third-order valence-corrected chi connectivity index (χ3v) is 31.0. The van der Waals surface area contributed by atoms with Crippen molar-refractivity contribution in [3.8, 4) is 0 Å². The van der Waals surface area contributed by atoms with Gasteiger partial charge in [0.25, 0.3) is 0 Å². The van der Waals surface area contributed by atoms with Crippen LogP contribution in [0.15, 0.2) is 0 Å². The van der Waals surface area contributed by atoms with Crippen LogP contribution in [-0.2, 0) is 39.2 Å². The summed E-state index contributed by atoms with van der Waals surface area (Å²) in [5.41, 5.74) is 0.693. The van der Waals surface area contributed by atoms with E-state index in [-0.39, 0.29) is 0 Å². The van der Waals surface area contributed by atoms with Crippen molar-refractivity contribution in [2.75, 3.05) is 14.2 Å². The van der Waals surface area contributed by atoms with E-state index in [0.29, 0.717) is 12.8 Å². The number of carbonyl (C=O) groups is 1. The number of rotatable bonds is 5. The molecule has 0 amide bonds. The highest BCUT2D eigenvalue weighted by molar-refractivity contribution is 7.58. The van der Waals surface area contributed by atoms with E-state index in [0.717, 1.165) is 0 Å². The van der Waals surface area contributed by atoms with Crippen molar-refractivity contribution in [2.24, 2.45) is 0 Å². The highest BCUT2D eigenvalue weighted by Gasteiger charge is 3.04. The van der Waals surface area contributed by atoms with Gasteiger partial charge in [-0.05, 0) is 354 Å². The second-order valence-corrected chi connectivity index (χ2v) is 32.4. The number of hydrogen-bond acceptors (Lipinski definition) is 6.